The van der Waals surface area contributed by atoms with Gasteiger partial charge >= 0.3 is 0 Å². The van der Waals surface area contributed by atoms with Crippen LogP contribution in [0.15, 0.2) is 54.6 Å². The Labute approximate surface area is 142 Å². The van der Waals surface area contributed by atoms with Gasteiger partial charge in [-0.2, -0.15) is 0 Å². The third-order valence-electron chi connectivity index (χ3n) is 5.15. The van der Waals surface area contributed by atoms with Crippen LogP contribution in [-0.4, -0.2) is 11.2 Å². The second-order valence-electron chi connectivity index (χ2n) is 7.85. The van der Waals surface area contributed by atoms with Gasteiger partial charge in [-0.3, -0.25) is 0 Å². The highest BCUT2D eigenvalue weighted by molar-refractivity contribution is 6.23. The molecule has 0 aliphatic rings. The summed E-state index contributed by atoms with van der Waals surface area (Å²) in [6.07, 6.45) is -0.601. The summed E-state index contributed by atoms with van der Waals surface area (Å²) in [5.41, 5.74) is 7.23. The van der Waals surface area contributed by atoms with Gasteiger partial charge in [0.25, 0.3) is 0 Å². The molecule has 0 aromatic heterocycles. The molecule has 122 valence electrons. The largest absolute Gasteiger partial charge is 0.391 e. The number of rotatable bonds is 2. The van der Waals surface area contributed by atoms with E-state index in [1.54, 1.807) is 0 Å². The fourth-order valence-electron chi connectivity index (χ4n) is 3.76. The van der Waals surface area contributed by atoms with Crippen molar-refractivity contribution in [1.82, 2.24) is 0 Å². The molecule has 0 radical (unpaired) electrons. The molecule has 4 aromatic rings. The van der Waals surface area contributed by atoms with Crippen LogP contribution in [0.4, 0.5) is 0 Å². The van der Waals surface area contributed by atoms with E-state index in [0.29, 0.717) is 0 Å². The van der Waals surface area contributed by atoms with Crippen LogP contribution in [-0.2, 0) is 0 Å². The van der Waals surface area contributed by atoms with Crippen molar-refractivity contribution in [2.75, 3.05) is 0 Å². The average Bonchev–Trinajstić information content (AvgIpc) is 2.57. The predicted molar refractivity (Wildman–Crippen MR) is 103 cm³/mol. The fraction of sp³-hybridized carbons (Fsp3) is 0.273. The van der Waals surface area contributed by atoms with E-state index in [-0.39, 0.29) is 5.41 Å². The summed E-state index contributed by atoms with van der Waals surface area (Å²) in [4.78, 5) is 0. The van der Waals surface area contributed by atoms with Gasteiger partial charge in [-0.05, 0) is 43.3 Å². The Morgan fingerprint density at radius 1 is 0.792 bits per heavy atom. The van der Waals surface area contributed by atoms with E-state index in [1.165, 1.54) is 26.9 Å². The van der Waals surface area contributed by atoms with Gasteiger partial charge < -0.3 is 10.8 Å². The molecule has 4 rings (SSSR count). The van der Waals surface area contributed by atoms with E-state index in [1.807, 2.05) is 20.8 Å². The number of hydrogen-bond acceptors (Lipinski definition) is 2. The molecule has 0 saturated carbocycles. The summed E-state index contributed by atoms with van der Waals surface area (Å²) in [5.74, 6) is 0. The van der Waals surface area contributed by atoms with Crippen molar-refractivity contribution in [3.63, 3.8) is 0 Å². The topological polar surface area (TPSA) is 46.2 Å². The van der Waals surface area contributed by atoms with Gasteiger partial charge in [0.05, 0.1) is 12.1 Å². The van der Waals surface area contributed by atoms with Gasteiger partial charge in [0.15, 0.2) is 0 Å². The SMILES string of the molecule is CC(C)(C)[C@@H](O)[C@@H](N)c1ccc2ccc3cccc4ccc1c2c34. The lowest BCUT2D eigenvalue weighted by molar-refractivity contribution is 0.0405. The number of nitrogens with two attached hydrogens (primary N) is 1. The first-order valence-corrected chi connectivity index (χ1v) is 8.48. The highest BCUT2D eigenvalue weighted by Gasteiger charge is 2.30. The third kappa shape index (κ3) is 2.18. The summed E-state index contributed by atoms with van der Waals surface area (Å²) in [7, 11) is 0. The van der Waals surface area contributed by atoms with Crippen LogP contribution in [0.1, 0.15) is 32.4 Å². The molecule has 0 heterocycles. The first-order valence-electron chi connectivity index (χ1n) is 8.48. The second kappa shape index (κ2) is 5.17. The van der Waals surface area contributed by atoms with Gasteiger partial charge in [-0.1, -0.05) is 75.4 Å². The Morgan fingerprint density at radius 2 is 1.33 bits per heavy atom. The van der Waals surface area contributed by atoms with Crippen molar-refractivity contribution < 1.29 is 5.11 Å². The van der Waals surface area contributed by atoms with Gasteiger partial charge in [0, 0.05) is 0 Å². The summed E-state index contributed by atoms with van der Waals surface area (Å²) in [6.45, 7) is 6.06. The van der Waals surface area contributed by atoms with Crippen LogP contribution in [0.2, 0.25) is 0 Å². The Balaban J connectivity index is 2.04. The maximum atomic E-state index is 10.7. The quantitative estimate of drug-likeness (QED) is 0.512. The molecule has 0 aliphatic heterocycles. The van der Waals surface area contributed by atoms with Crippen LogP contribution in [0, 0.1) is 5.41 Å². The number of benzene rings is 4. The van der Waals surface area contributed by atoms with Crippen molar-refractivity contribution in [2.24, 2.45) is 11.1 Å². The molecule has 0 spiro atoms. The minimum Gasteiger partial charge on any atom is -0.391 e. The molecule has 0 saturated heterocycles. The van der Waals surface area contributed by atoms with Crippen LogP contribution in [0.3, 0.4) is 0 Å². The van der Waals surface area contributed by atoms with Gasteiger partial charge in [-0.15, -0.1) is 0 Å². The molecule has 4 aromatic carbocycles. The van der Waals surface area contributed by atoms with E-state index >= 15 is 0 Å². The lowest BCUT2D eigenvalue weighted by Gasteiger charge is -2.31. The third-order valence-corrected chi connectivity index (χ3v) is 5.15. The van der Waals surface area contributed by atoms with Crippen molar-refractivity contribution >= 4 is 32.3 Å². The molecule has 3 N–H and O–H groups in total. The molecule has 0 fully saturated rings. The highest BCUT2D eigenvalue weighted by atomic mass is 16.3. The maximum Gasteiger partial charge on any atom is 0.0781 e. The predicted octanol–water partition coefficient (Wildman–Crippen LogP) is 4.99. The van der Waals surface area contributed by atoms with Gasteiger partial charge in [-0.25, -0.2) is 0 Å². The summed E-state index contributed by atoms with van der Waals surface area (Å²) in [5, 5.41) is 18.1. The fourth-order valence-corrected chi connectivity index (χ4v) is 3.76. The Morgan fingerprint density at radius 3 is 1.96 bits per heavy atom. The Kier molecular flexibility index (Phi) is 3.31. The summed E-state index contributed by atoms with van der Waals surface area (Å²) >= 11 is 0. The number of aliphatic hydroxyl groups excluding tert-OH is 1. The van der Waals surface area contributed by atoms with Crippen LogP contribution >= 0.6 is 0 Å². The lowest BCUT2D eigenvalue weighted by atomic mass is 9.80. The smallest absolute Gasteiger partial charge is 0.0781 e. The minimum absolute atomic E-state index is 0.261. The molecule has 2 atom stereocenters. The maximum absolute atomic E-state index is 10.7. The zero-order valence-electron chi connectivity index (χ0n) is 14.4. The normalized spacial score (nSPS) is 15.4. The summed E-state index contributed by atoms with van der Waals surface area (Å²) < 4.78 is 0. The first-order chi connectivity index (χ1) is 11.4. The van der Waals surface area contributed by atoms with Crippen molar-refractivity contribution in [2.45, 2.75) is 32.9 Å². The molecular formula is C22H23NO. The molecule has 0 aliphatic carbocycles. The zero-order valence-corrected chi connectivity index (χ0v) is 14.4. The Hall–Kier alpha value is -2.16. The van der Waals surface area contributed by atoms with Gasteiger partial charge in [0.2, 0.25) is 0 Å². The van der Waals surface area contributed by atoms with Crippen LogP contribution in [0.25, 0.3) is 32.3 Å². The molecule has 0 unspecified atom stereocenters. The molecule has 2 nitrogen and oxygen atoms in total. The van der Waals surface area contributed by atoms with Crippen LogP contribution < -0.4 is 5.73 Å². The minimum atomic E-state index is -0.601. The highest BCUT2D eigenvalue weighted by Crippen LogP contribution is 2.39. The van der Waals surface area contributed by atoms with E-state index in [0.717, 1.165) is 10.9 Å². The van der Waals surface area contributed by atoms with Crippen LogP contribution in [0.5, 0.6) is 0 Å². The summed E-state index contributed by atoms with van der Waals surface area (Å²) in [6, 6.07) is 18.8. The zero-order chi connectivity index (χ0) is 17.1. The van der Waals surface area contributed by atoms with E-state index in [9.17, 15) is 5.11 Å². The Bertz CT molecular complexity index is 1010. The van der Waals surface area contributed by atoms with Crippen molar-refractivity contribution in [3.05, 3.63) is 60.2 Å². The number of hydrogen-bond donors (Lipinski definition) is 2. The van der Waals surface area contributed by atoms with Crippen molar-refractivity contribution in [3.8, 4) is 0 Å². The first kappa shape index (κ1) is 15.4. The molecule has 0 amide bonds. The van der Waals surface area contributed by atoms with Crippen molar-refractivity contribution in [1.29, 1.82) is 0 Å². The molecule has 2 heteroatoms. The standard InChI is InChI=1S/C22H23NO/c1-22(2,3)21(24)20(23)17-12-10-15-8-7-13-5-4-6-14-9-11-16(17)19(15)18(13)14/h4-12,20-21,24H,23H2,1-3H3/t20-,21-/m0/s1. The van der Waals surface area contributed by atoms with E-state index < -0.39 is 12.1 Å². The monoisotopic (exact) mass is 317 g/mol. The molecule has 24 heavy (non-hydrogen) atoms. The number of aliphatic hydroxyl groups is 1. The van der Waals surface area contributed by atoms with Gasteiger partial charge in [0.1, 0.15) is 0 Å². The van der Waals surface area contributed by atoms with E-state index in [2.05, 4.69) is 54.6 Å². The molecular weight excluding hydrogens is 294 g/mol. The van der Waals surface area contributed by atoms with E-state index in [4.69, 9.17) is 5.73 Å². The molecule has 0 bridgehead atoms. The second-order valence-corrected chi connectivity index (χ2v) is 7.85. The average molecular weight is 317 g/mol. The lowest BCUT2D eigenvalue weighted by Crippen LogP contribution is -2.37.